The summed E-state index contributed by atoms with van der Waals surface area (Å²) >= 11 is 0. The summed E-state index contributed by atoms with van der Waals surface area (Å²) in [6.45, 7) is 11.2. The number of allylic oxidation sites excluding steroid dienone is 2. The van der Waals surface area contributed by atoms with E-state index in [0.717, 1.165) is 19.4 Å². The predicted molar refractivity (Wildman–Crippen MR) is 60.9 cm³/mol. The molecule has 0 aromatic rings. The second-order valence-electron chi connectivity index (χ2n) is 4.32. The third-order valence-corrected chi connectivity index (χ3v) is 1.70. The smallest absolute Gasteiger partial charge is 0.0139 e. The largest absolute Gasteiger partial charge is 0.309 e. The Labute approximate surface area is 82.9 Å². The van der Waals surface area contributed by atoms with E-state index in [-0.39, 0.29) is 5.54 Å². The van der Waals surface area contributed by atoms with Crippen LogP contribution in [0.1, 0.15) is 40.0 Å². The molecule has 1 heteroatoms. The molecule has 0 saturated carbocycles. The normalized spacial score (nSPS) is 12.2. The molecule has 0 rings (SSSR count). The van der Waals surface area contributed by atoms with Crippen molar-refractivity contribution in [2.45, 2.75) is 45.6 Å². The number of hydrogen-bond donors (Lipinski definition) is 1. The summed E-state index contributed by atoms with van der Waals surface area (Å²) in [6, 6.07) is 0. The van der Waals surface area contributed by atoms with Crippen LogP contribution in [0.15, 0.2) is 24.8 Å². The molecule has 0 fully saturated rings. The molecule has 0 saturated heterocycles. The van der Waals surface area contributed by atoms with Gasteiger partial charge in [-0.2, -0.15) is 0 Å². The van der Waals surface area contributed by atoms with Gasteiger partial charge in [0.25, 0.3) is 0 Å². The van der Waals surface area contributed by atoms with Crippen molar-refractivity contribution in [2.75, 3.05) is 6.54 Å². The van der Waals surface area contributed by atoms with Gasteiger partial charge < -0.3 is 5.32 Å². The van der Waals surface area contributed by atoms with Crippen LogP contribution in [0.2, 0.25) is 0 Å². The van der Waals surface area contributed by atoms with E-state index < -0.39 is 0 Å². The van der Waals surface area contributed by atoms with Crippen molar-refractivity contribution in [3.05, 3.63) is 24.8 Å². The van der Waals surface area contributed by atoms with Gasteiger partial charge >= 0.3 is 0 Å². The Bertz CT molecular complexity index is 151. The van der Waals surface area contributed by atoms with Crippen molar-refractivity contribution < 1.29 is 0 Å². The van der Waals surface area contributed by atoms with Crippen LogP contribution in [0.5, 0.6) is 0 Å². The molecule has 0 aromatic heterocycles. The summed E-state index contributed by atoms with van der Waals surface area (Å²) in [4.78, 5) is 0. The first kappa shape index (κ1) is 12.4. The van der Waals surface area contributed by atoms with Crippen LogP contribution in [0.3, 0.4) is 0 Å². The molecule has 0 unspecified atom stereocenters. The van der Waals surface area contributed by atoms with Crippen LogP contribution >= 0.6 is 0 Å². The summed E-state index contributed by atoms with van der Waals surface area (Å²) in [5, 5.41) is 3.41. The lowest BCUT2D eigenvalue weighted by molar-refractivity contribution is 0.449. The van der Waals surface area contributed by atoms with Gasteiger partial charge in [0.2, 0.25) is 0 Å². The molecule has 13 heavy (non-hydrogen) atoms. The van der Waals surface area contributed by atoms with Crippen molar-refractivity contribution in [2.24, 2.45) is 0 Å². The molecular weight excluding hydrogens is 158 g/mol. The molecule has 1 nitrogen and oxygen atoms in total. The molecule has 0 aliphatic rings. The molecule has 0 aliphatic heterocycles. The first-order chi connectivity index (χ1) is 6.06. The molecule has 0 bridgehead atoms. The average molecular weight is 181 g/mol. The highest BCUT2D eigenvalue weighted by molar-refractivity contribution is 4.86. The molecule has 76 valence electrons. The van der Waals surface area contributed by atoms with Gasteiger partial charge in [-0.1, -0.05) is 18.2 Å². The van der Waals surface area contributed by atoms with E-state index in [9.17, 15) is 0 Å². The fraction of sp³-hybridized carbons (Fsp3) is 0.667. The molecule has 0 aromatic carbocycles. The number of unbranched alkanes of at least 4 members (excludes halogenated alkanes) is 2. The van der Waals surface area contributed by atoms with Gasteiger partial charge in [-0.3, -0.25) is 0 Å². The summed E-state index contributed by atoms with van der Waals surface area (Å²) in [5.41, 5.74) is 0.228. The second-order valence-corrected chi connectivity index (χ2v) is 4.32. The van der Waals surface area contributed by atoms with Gasteiger partial charge in [0.15, 0.2) is 0 Å². The molecule has 0 radical (unpaired) electrons. The zero-order chi connectivity index (χ0) is 10.2. The molecule has 0 aliphatic carbocycles. The van der Waals surface area contributed by atoms with Crippen LogP contribution in [-0.4, -0.2) is 12.1 Å². The fourth-order valence-corrected chi connectivity index (χ4v) is 0.946. The zero-order valence-corrected chi connectivity index (χ0v) is 9.27. The minimum absolute atomic E-state index is 0.228. The minimum Gasteiger partial charge on any atom is -0.309 e. The maximum atomic E-state index is 3.69. The Morgan fingerprint density at radius 2 is 1.85 bits per heavy atom. The van der Waals surface area contributed by atoms with Crippen molar-refractivity contribution in [1.82, 2.24) is 5.32 Å². The van der Waals surface area contributed by atoms with Crippen molar-refractivity contribution in [3.63, 3.8) is 0 Å². The highest BCUT2D eigenvalue weighted by atomic mass is 14.9. The zero-order valence-electron chi connectivity index (χ0n) is 9.27. The molecule has 1 N–H and O–H groups in total. The van der Waals surface area contributed by atoms with Crippen LogP contribution in [-0.2, 0) is 0 Å². The SMILES string of the molecule is C=CCCC/C=C/CNC(C)(C)C. The Morgan fingerprint density at radius 1 is 1.15 bits per heavy atom. The molecule has 0 spiro atoms. The van der Waals surface area contributed by atoms with E-state index in [1.54, 1.807) is 0 Å². The van der Waals surface area contributed by atoms with E-state index in [4.69, 9.17) is 0 Å². The van der Waals surface area contributed by atoms with E-state index in [1.165, 1.54) is 6.42 Å². The van der Waals surface area contributed by atoms with Gasteiger partial charge in [-0.05, 0) is 40.0 Å². The highest BCUT2D eigenvalue weighted by Gasteiger charge is 2.05. The molecule has 0 amide bonds. The van der Waals surface area contributed by atoms with Crippen molar-refractivity contribution in [3.8, 4) is 0 Å². The predicted octanol–water partition coefficient (Wildman–Crippen LogP) is 3.29. The third kappa shape index (κ3) is 11.4. The topological polar surface area (TPSA) is 12.0 Å². The monoisotopic (exact) mass is 181 g/mol. The van der Waals surface area contributed by atoms with Crippen LogP contribution < -0.4 is 5.32 Å². The van der Waals surface area contributed by atoms with E-state index in [2.05, 4.69) is 44.8 Å². The Hall–Kier alpha value is -0.560. The summed E-state index contributed by atoms with van der Waals surface area (Å²) < 4.78 is 0. The standard InChI is InChI=1S/C12H23N/c1-5-6-7-8-9-10-11-13-12(2,3)4/h5,9-10,13H,1,6-8,11H2,2-4H3/b10-9+. The van der Waals surface area contributed by atoms with Crippen LogP contribution in [0.25, 0.3) is 0 Å². The van der Waals surface area contributed by atoms with Gasteiger partial charge in [0.05, 0.1) is 0 Å². The second kappa shape index (κ2) is 6.90. The van der Waals surface area contributed by atoms with Crippen LogP contribution in [0, 0.1) is 0 Å². The van der Waals surface area contributed by atoms with Crippen molar-refractivity contribution in [1.29, 1.82) is 0 Å². The number of hydrogen-bond acceptors (Lipinski definition) is 1. The van der Waals surface area contributed by atoms with Crippen LogP contribution in [0.4, 0.5) is 0 Å². The van der Waals surface area contributed by atoms with E-state index >= 15 is 0 Å². The Balaban J connectivity index is 3.27. The van der Waals surface area contributed by atoms with E-state index in [0.29, 0.717) is 0 Å². The quantitative estimate of drug-likeness (QED) is 0.490. The van der Waals surface area contributed by atoms with E-state index in [1.807, 2.05) is 6.08 Å². The molecule has 0 heterocycles. The lowest BCUT2D eigenvalue weighted by Crippen LogP contribution is -2.35. The molecular formula is C12H23N. The average Bonchev–Trinajstić information content (AvgIpc) is 2.01. The lowest BCUT2D eigenvalue weighted by atomic mass is 10.1. The first-order valence-corrected chi connectivity index (χ1v) is 5.07. The summed E-state index contributed by atoms with van der Waals surface area (Å²) in [6.07, 6.45) is 9.92. The summed E-state index contributed by atoms with van der Waals surface area (Å²) in [5.74, 6) is 0. The van der Waals surface area contributed by atoms with Crippen molar-refractivity contribution >= 4 is 0 Å². The fourth-order valence-electron chi connectivity index (χ4n) is 0.946. The van der Waals surface area contributed by atoms with Gasteiger partial charge in [-0.25, -0.2) is 0 Å². The number of nitrogens with one attached hydrogen (secondary N) is 1. The maximum Gasteiger partial charge on any atom is 0.0139 e. The number of rotatable bonds is 6. The minimum atomic E-state index is 0.228. The third-order valence-electron chi connectivity index (χ3n) is 1.70. The molecule has 0 atom stereocenters. The summed E-state index contributed by atoms with van der Waals surface area (Å²) in [7, 11) is 0. The maximum absolute atomic E-state index is 3.69. The highest BCUT2D eigenvalue weighted by Crippen LogP contribution is 1.99. The van der Waals surface area contributed by atoms with Gasteiger partial charge in [-0.15, -0.1) is 6.58 Å². The lowest BCUT2D eigenvalue weighted by Gasteiger charge is -2.18. The van der Waals surface area contributed by atoms with Gasteiger partial charge in [0.1, 0.15) is 0 Å². The Kier molecular flexibility index (Phi) is 6.61. The van der Waals surface area contributed by atoms with Gasteiger partial charge in [0, 0.05) is 12.1 Å². The first-order valence-electron chi connectivity index (χ1n) is 5.07. The Morgan fingerprint density at radius 3 is 2.38 bits per heavy atom.